The molecule has 0 aliphatic carbocycles. The number of hydrogen-bond acceptors (Lipinski definition) is 4. The molecule has 0 aliphatic rings. The molecular formula is C12H9N3O3. The molecule has 2 aromatic heterocycles. The van der Waals surface area contributed by atoms with E-state index in [0.717, 1.165) is 17.3 Å². The minimum absolute atomic E-state index is 0.0885. The topological polar surface area (TPSA) is 81.1 Å². The van der Waals surface area contributed by atoms with Crippen molar-refractivity contribution in [1.29, 1.82) is 0 Å². The average Bonchev–Trinajstić information content (AvgIpc) is 2.98. The van der Waals surface area contributed by atoms with Crippen LogP contribution in [0.15, 0.2) is 41.3 Å². The first kappa shape index (κ1) is 10.5. The number of imidazole rings is 1. The molecule has 2 heterocycles. The largest absolute Gasteiger partial charge is 0.476 e. The van der Waals surface area contributed by atoms with Crippen LogP contribution < -0.4 is 0 Å². The van der Waals surface area contributed by atoms with Gasteiger partial charge < -0.3 is 14.1 Å². The van der Waals surface area contributed by atoms with Gasteiger partial charge in [0, 0.05) is 0 Å². The zero-order chi connectivity index (χ0) is 12.5. The number of aromatic nitrogens is 3. The SMILES string of the molecule is O=C(O)c1coc(Cn2cnc3ccccc32)n1. The fourth-order valence-corrected chi connectivity index (χ4v) is 1.76. The normalized spacial score (nSPS) is 10.9. The maximum atomic E-state index is 10.7. The molecule has 6 heteroatoms. The lowest BCUT2D eigenvalue weighted by Crippen LogP contribution is -2.00. The Balaban J connectivity index is 1.93. The summed E-state index contributed by atoms with van der Waals surface area (Å²) in [5.74, 6) is -0.754. The van der Waals surface area contributed by atoms with Crippen molar-refractivity contribution < 1.29 is 14.3 Å². The number of carbonyl (C=O) groups is 1. The Morgan fingerprint density at radius 1 is 1.39 bits per heavy atom. The van der Waals surface area contributed by atoms with E-state index in [1.807, 2.05) is 28.8 Å². The summed E-state index contributed by atoms with van der Waals surface area (Å²) < 4.78 is 6.96. The third-order valence-corrected chi connectivity index (χ3v) is 2.60. The summed E-state index contributed by atoms with van der Waals surface area (Å²) in [7, 11) is 0. The van der Waals surface area contributed by atoms with Gasteiger partial charge in [0.15, 0.2) is 5.69 Å². The van der Waals surface area contributed by atoms with Gasteiger partial charge in [0.1, 0.15) is 12.8 Å². The molecule has 0 spiro atoms. The lowest BCUT2D eigenvalue weighted by molar-refractivity contribution is 0.0690. The fraction of sp³-hybridized carbons (Fsp3) is 0.0833. The van der Waals surface area contributed by atoms with Crippen molar-refractivity contribution in [3.05, 3.63) is 48.4 Å². The quantitative estimate of drug-likeness (QED) is 0.758. The van der Waals surface area contributed by atoms with E-state index in [9.17, 15) is 4.79 Å². The molecule has 0 saturated carbocycles. The van der Waals surface area contributed by atoms with Crippen LogP contribution in [0.4, 0.5) is 0 Å². The van der Waals surface area contributed by atoms with Crippen LogP contribution in [0.1, 0.15) is 16.4 Å². The van der Waals surface area contributed by atoms with Gasteiger partial charge in [-0.3, -0.25) is 0 Å². The number of aromatic carboxylic acids is 1. The maximum absolute atomic E-state index is 10.7. The van der Waals surface area contributed by atoms with E-state index < -0.39 is 5.97 Å². The molecule has 0 radical (unpaired) electrons. The molecule has 0 saturated heterocycles. The highest BCUT2D eigenvalue weighted by Crippen LogP contribution is 2.13. The number of para-hydroxylation sites is 2. The zero-order valence-electron chi connectivity index (χ0n) is 9.28. The first-order valence-electron chi connectivity index (χ1n) is 5.31. The van der Waals surface area contributed by atoms with Crippen LogP contribution in [-0.2, 0) is 6.54 Å². The molecular weight excluding hydrogens is 234 g/mol. The third-order valence-electron chi connectivity index (χ3n) is 2.60. The summed E-state index contributed by atoms with van der Waals surface area (Å²) in [6.07, 6.45) is 2.81. The maximum Gasteiger partial charge on any atom is 0.357 e. The Bertz CT molecular complexity index is 714. The van der Waals surface area contributed by atoms with Crippen molar-refractivity contribution in [2.45, 2.75) is 6.54 Å². The van der Waals surface area contributed by atoms with Crippen LogP contribution in [0.25, 0.3) is 11.0 Å². The van der Waals surface area contributed by atoms with Gasteiger partial charge >= 0.3 is 5.97 Å². The zero-order valence-corrected chi connectivity index (χ0v) is 9.28. The molecule has 18 heavy (non-hydrogen) atoms. The van der Waals surface area contributed by atoms with Crippen molar-refractivity contribution in [2.75, 3.05) is 0 Å². The second-order valence-electron chi connectivity index (χ2n) is 3.79. The molecule has 90 valence electrons. The van der Waals surface area contributed by atoms with Gasteiger partial charge in [-0.15, -0.1) is 0 Å². The Morgan fingerprint density at radius 3 is 3.00 bits per heavy atom. The number of carboxylic acid groups (broad SMARTS) is 1. The van der Waals surface area contributed by atoms with E-state index >= 15 is 0 Å². The third kappa shape index (κ3) is 1.73. The van der Waals surface area contributed by atoms with E-state index in [1.165, 1.54) is 0 Å². The minimum atomic E-state index is -1.10. The Morgan fingerprint density at radius 2 is 2.22 bits per heavy atom. The molecule has 1 N–H and O–H groups in total. The summed E-state index contributed by atoms with van der Waals surface area (Å²) in [6.45, 7) is 0.355. The van der Waals surface area contributed by atoms with Gasteiger partial charge in [0.05, 0.1) is 17.4 Å². The predicted molar refractivity (Wildman–Crippen MR) is 62.3 cm³/mol. The summed E-state index contributed by atoms with van der Waals surface area (Å²) in [4.78, 5) is 18.8. The monoisotopic (exact) mass is 243 g/mol. The van der Waals surface area contributed by atoms with Crippen molar-refractivity contribution in [2.24, 2.45) is 0 Å². The lowest BCUT2D eigenvalue weighted by atomic mass is 10.3. The van der Waals surface area contributed by atoms with E-state index in [0.29, 0.717) is 12.4 Å². The number of oxazole rings is 1. The number of carboxylic acids is 1. The van der Waals surface area contributed by atoms with Gasteiger partial charge in [-0.05, 0) is 12.1 Å². The summed E-state index contributed by atoms with van der Waals surface area (Å²) in [6, 6.07) is 7.67. The average molecular weight is 243 g/mol. The van der Waals surface area contributed by atoms with E-state index in [1.54, 1.807) is 6.33 Å². The number of benzene rings is 1. The molecule has 0 atom stereocenters. The first-order chi connectivity index (χ1) is 8.74. The van der Waals surface area contributed by atoms with Gasteiger partial charge in [0.25, 0.3) is 0 Å². The molecule has 6 nitrogen and oxygen atoms in total. The predicted octanol–water partition coefficient (Wildman–Crippen LogP) is 1.77. The number of nitrogens with zero attached hydrogens (tertiary/aromatic N) is 3. The fourth-order valence-electron chi connectivity index (χ4n) is 1.76. The highest BCUT2D eigenvalue weighted by molar-refractivity contribution is 5.84. The molecule has 0 fully saturated rings. The Hall–Kier alpha value is -2.63. The van der Waals surface area contributed by atoms with Crippen molar-refractivity contribution in [3.63, 3.8) is 0 Å². The van der Waals surface area contributed by atoms with Crippen LogP contribution in [0, 0.1) is 0 Å². The van der Waals surface area contributed by atoms with Crippen LogP contribution in [-0.4, -0.2) is 25.6 Å². The van der Waals surface area contributed by atoms with Gasteiger partial charge in [-0.25, -0.2) is 14.8 Å². The molecule has 3 aromatic rings. The Kier molecular flexibility index (Phi) is 2.33. The van der Waals surface area contributed by atoms with E-state index in [4.69, 9.17) is 9.52 Å². The molecule has 0 bridgehead atoms. The summed E-state index contributed by atoms with van der Waals surface area (Å²) in [5.41, 5.74) is 1.74. The van der Waals surface area contributed by atoms with Crippen molar-refractivity contribution in [1.82, 2.24) is 14.5 Å². The van der Waals surface area contributed by atoms with Crippen LogP contribution in [0.5, 0.6) is 0 Å². The second kappa shape index (κ2) is 3.99. The van der Waals surface area contributed by atoms with Gasteiger partial charge in [-0.2, -0.15) is 0 Å². The van der Waals surface area contributed by atoms with Gasteiger partial charge in [-0.1, -0.05) is 12.1 Å². The van der Waals surface area contributed by atoms with Crippen molar-refractivity contribution >= 4 is 17.0 Å². The van der Waals surface area contributed by atoms with Crippen LogP contribution >= 0.6 is 0 Å². The molecule has 1 aromatic carbocycles. The van der Waals surface area contributed by atoms with Crippen LogP contribution in [0.2, 0.25) is 0 Å². The van der Waals surface area contributed by atoms with Gasteiger partial charge in [0.2, 0.25) is 5.89 Å². The van der Waals surface area contributed by atoms with Crippen LogP contribution in [0.3, 0.4) is 0 Å². The number of rotatable bonds is 3. The summed E-state index contributed by atoms with van der Waals surface area (Å²) in [5, 5.41) is 8.75. The molecule has 0 aliphatic heterocycles. The summed E-state index contributed by atoms with van der Waals surface area (Å²) >= 11 is 0. The molecule has 3 rings (SSSR count). The highest BCUT2D eigenvalue weighted by atomic mass is 16.4. The lowest BCUT2D eigenvalue weighted by Gasteiger charge is -1.99. The number of hydrogen-bond donors (Lipinski definition) is 1. The molecule has 0 unspecified atom stereocenters. The number of fused-ring (bicyclic) bond motifs is 1. The first-order valence-corrected chi connectivity index (χ1v) is 5.31. The Labute approximate surface area is 102 Å². The van der Waals surface area contributed by atoms with E-state index in [2.05, 4.69) is 9.97 Å². The standard InChI is InChI=1S/C12H9N3O3/c16-12(17)9-6-18-11(14-9)5-15-7-13-8-3-1-2-4-10(8)15/h1-4,6-7H,5H2,(H,16,17). The smallest absolute Gasteiger partial charge is 0.357 e. The second-order valence-corrected chi connectivity index (χ2v) is 3.79. The van der Waals surface area contributed by atoms with E-state index in [-0.39, 0.29) is 5.69 Å². The van der Waals surface area contributed by atoms with Crippen molar-refractivity contribution in [3.8, 4) is 0 Å². The molecule has 0 amide bonds. The highest BCUT2D eigenvalue weighted by Gasteiger charge is 2.11. The minimum Gasteiger partial charge on any atom is -0.476 e.